The lowest BCUT2D eigenvalue weighted by Gasteiger charge is -2.18. The highest BCUT2D eigenvalue weighted by Crippen LogP contribution is 2.40. The zero-order chi connectivity index (χ0) is 16.4. The predicted molar refractivity (Wildman–Crippen MR) is 97.9 cm³/mol. The summed E-state index contributed by atoms with van der Waals surface area (Å²) in [4.78, 5) is 9.25. The van der Waals surface area contributed by atoms with Crippen LogP contribution in [0.3, 0.4) is 0 Å². The molecule has 0 aliphatic carbocycles. The van der Waals surface area contributed by atoms with Gasteiger partial charge in [0.05, 0.1) is 0 Å². The van der Waals surface area contributed by atoms with Crippen LogP contribution in [0, 0.1) is 0 Å². The number of benzene rings is 2. The van der Waals surface area contributed by atoms with Gasteiger partial charge in [0, 0.05) is 10.7 Å². The van der Waals surface area contributed by atoms with E-state index in [-0.39, 0.29) is 12.1 Å². The van der Waals surface area contributed by atoms with Crippen molar-refractivity contribution in [1.29, 1.82) is 0 Å². The number of aliphatic imine (C=N–C) groups is 1. The Morgan fingerprint density at radius 2 is 1.46 bits per heavy atom. The zero-order valence-corrected chi connectivity index (χ0v) is 14.4. The number of ether oxygens (including phenoxy) is 1. The van der Waals surface area contributed by atoms with Gasteiger partial charge in [-0.25, -0.2) is 4.99 Å². The fraction of sp³-hybridized carbons (Fsp3) is 0.100. The van der Waals surface area contributed by atoms with Gasteiger partial charge in [0.25, 0.3) is 0 Å². The van der Waals surface area contributed by atoms with Gasteiger partial charge >= 0.3 is 0 Å². The van der Waals surface area contributed by atoms with Crippen molar-refractivity contribution in [3.05, 3.63) is 100 Å². The average Bonchev–Trinajstić information content (AvgIpc) is 3.09. The van der Waals surface area contributed by atoms with E-state index < -0.39 is 0 Å². The summed E-state index contributed by atoms with van der Waals surface area (Å²) in [6.07, 6.45) is 1.61. The Bertz CT molecular complexity index is 848. The van der Waals surface area contributed by atoms with Gasteiger partial charge in [0.1, 0.15) is 11.7 Å². The lowest BCUT2D eigenvalue weighted by atomic mass is 9.97. The first-order chi connectivity index (χ1) is 11.8. The molecule has 0 saturated heterocycles. The Kier molecular flexibility index (Phi) is 4.13. The number of nitrogens with zero attached hydrogens (tertiary/aromatic N) is 2. The first-order valence-corrected chi connectivity index (χ1v) is 8.57. The lowest BCUT2D eigenvalue weighted by Crippen LogP contribution is -2.09. The second-order valence-electron chi connectivity index (χ2n) is 5.60. The summed E-state index contributed by atoms with van der Waals surface area (Å²) >= 11 is 3.41. The molecule has 118 valence electrons. The van der Waals surface area contributed by atoms with Gasteiger partial charge in [-0.3, -0.25) is 4.98 Å². The van der Waals surface area contributed by atoms with Crippen LogP contribution in [0.4, 0.5) is 0 Å². The molecular weight excluding hydrogens is 364 g/mol. The molecule has 2 aromatic carbocycles. The molecule has 2 atom stereocenters. The van der Waals surface area contributed by atoms with Crippen molar-refractivity contribution in [2.45, 2.75) is 12.1 Å². The molecule has 0 spiro atoms. The van der Waals surface area contributed by atoms with Gasteiger partial charge in [0.2, 0.25) is 5.90 Å². The van der Waals surface area contributed by atoms with Crippen molar-refractivity contribution in [2.75, 3.05) is 0 Å². The summed E-state index contributed by atoms with van der Waals surface area (Å²) in [7, 11) is 0. The van der Waals surface area contributed by atoms with Gasteiger partial charge < -0.3 is 4.74 Å². The third kappa shape index (κ3) is 2.97. The van der Waals surface area contributed by atoms with Crippen LogP contribution in [0.25, 0.3) is 0 Å². The maximum absolute atomic E-state index is 6.21. The summed E-state index contributed by atoms with van der Waals surface area (Å²) in [5, 5.41) is 0. The Labute approximate surface area is 149 Å². The zero-order valence-electron chi connectivity index (χ0n) is 12.8. The summed E-state index contributed by atoms with van der Waals surface area (Å²) in [5.74, 6) is 0.588. The molecule has 3 nitrogen and oxygen atoms in total. The minimum absolute atomic E-state index is 0.0750. The number of aromatic nitrogens is 1. The number of pyridine rings is 1. The highest BCUT2D eigenvalue weighted by molar-refractivity contribution is 9.10. The van der Waals surface area contributed by atoms with Crippen LogP contribution in [0.15, 0.2) is 88.5 Å². The van der Waals surface area contributed by atoms with Gasteiger partial charge in [-0.2, -0.15) is 0 Å². The van der Waals surface area contributed by atoms with E-state index >= 15 is 0 Å². The van der Waals surface area contributed by atoms with Crippen molar-refractivity contribution in [1.82, 2.24) is 4.98 Å². The third-order valence-electron chi connectivity index (χ3n) is 4.00. The van der Waals surface area contributed by atoms with Crippen LogP contribution in [-0.4, -0.2) is 10.9 Å². The third-order valence-corrected chi connectivity index (χ3v) is 4.47. The highest BCUT2D eigenvalue weighted by Gasteiger charge is 2.34. The SMILES string of the molecule is Brc1ccc(C2=NC(c3ccccc3)C(c3ccccc3)O2)nc1. The highest BCUT2D eigenvalue weighted by atomic mass is 79.9. The van der Waals surface area contributed by atoms with Gasteiger partial charge in [-0.05, 0) is 39.2 Å². The van der Waals surface area contributed by atoms with Crippen LogP contribution in [0.2, 0.25) is 0 Å². The average molecular weight is 379 g/mol. The van der Waals surface area contributed by atoms with E-state index in [1.807, 2.05) is 48.5 Å². The molecule has 1 aliphatic rings. The van der Waals surface area contributed by atoms with E-state index in [0.29, 0.717) is 5.90 Å². The maximum Gasteiger partial charge on any atom is 0.236 e. The Morgan fingerprint density at radius 3 is 2.08 bits per heavy atom. The van der Waals surface area contributed by atoms with Crippen molar-refractivity contribution in [3.8, 4) is 0 Å². The van der Waals surface area contributed by atoms with Crippen LogP contribution in [0.5, 0.6) is 0 Å². The Balaban J connectivity index is 1.74. The van der Waals surface area contributed by atoms with E-state index in [1.165, 1.54) is 0 Å². The monoisotopic (exact) mass is 378 g/mol. The molecule has 0 bridgehead atoms. The van der Waals surface area contributed by atoms with E-state index in [0.717, 1.165) is 21.3 Å². The Morgan fingerprint density at radius 1 is 0.792 bits per heavy atom. The quantitative estimate of drug-likeness (QED) is 0.634. The van der Waals surface area contributed by atoms with Crippen LogP contribution in [-0.2, 0) is 4.74 Å². The molecule has 1 aliphatic heterocycles. The second kappa shape index (κ2) is 6.57. The lowest BCUT2D eigenvalue weighted by molar-refractivity contribution is 0.196. The van der Waals surface area contributed by atoms with E-state index in [4.69, 9.17) is 9.73 Å². The number of rotatable bonds is 3. The van der Waals surface area contributed by atoms with Gasteiger partial charge in [-0.15, -0.1) is 0 Å². The first kappa shape index (κ1) is 15.1. The molecule has 0 saturated carbocycles. The molecule has 2 heterocycles. The fourth-order valence-electron chi connectivity index (χ4n) is 2.83. The normalized spacial score (nSPS) is 19.6. The predicted octanol–water partition coefficient (Wildman–Crippen LogP) is 5.10. The van der Waals surface area contributed by atoms with Crippen LogP contribution in [0.1, 0.15) is 29.0 Å². The molecule has 2 unspecified atom stereocenters. The maximum atomic E-state index is 6.21. The van der Waals surface area contributed by atoms with Crippen LogP contribution >= 0.6 is 15.9 Å². The Hall–Kier alpha value is -2.46. The summed E-state index contributed by atoms with van der Waals surface area (Å²) < 4.78 is 7.15. The standard InChI is InChI=1S/C20H15BrN2O/c21-16-11-12-17(22-13-16)20-23-18(14-7-3-1-4-8-14)19(24-20)15-9-5-2-6-10-15/h1-13,18-19H. The van der Waals surface area contributed by atoms with E-state index in [2.05, 4.69) is 45.2 Å². The van der Waals surface area contributed by atoms with Crippen molar-refractivity contribution < 1.29 is 4.74 Å². The number of hydrogen-bond acceptors (Lipinski definition) is 3. The van der Waals surface area contributed by atoms with Crippen molar-refractivity contribution in [3.63, 3.8) is 0 Å². The van der Waals surface area contributed by atoms with Crippen molar-refractivity contribution in [2.24, 2.45) is 4.99 Å². The number of halogens is 1. The molecule has 24 heavy (non-hydrogen) atoms. The molecule has 4 rings (SSSR count). The van der Waals surface area contributed by atoms with Gasteiger partial charge in [0.15, 0.2) is 6.10 Å². The topological polar surface area (TPSA) is 34.5 Å². The summed E-state index contributed by atoms with van der Waals surface area (Å²) in [5.41, 5.74) is 3.00. The molecule has 1 aromatic heterocycles. The summed E-state index contributed by atoms with van der Waals surface area (Å²) in [6.45, 7) is 0. The smallest absolute Gasteiger partial charge is 0.236 e. The molecule has 0 N–H and O–H groups in total. The number of hydrogen-bond donors (Lipinski definition) is 0. The minimum Gasteiger partial charge on any atom is -0.465 e. The molecular formula is C20H15BrN2O. The van der Waals surface area contributed by atoms with E-state index in [9.17, 15) is 0 Å². The molecule has 0 amide bonds. The van der Waals surface area contributed by atoms with Crippen molar-refractivity contribution >= 4 is 21.8 Å². The van der Waals surface area contributed by atoms with Gasteiger partial charge in [-0.1, -0.05) is 60.7 Å². The first-order valence-electron chi connectivity index (χ1n) is 7.77. The fourth-order valence-corrected chi connectivity index (χ4v) is 3.07. The molecule has 3 aromatic rings. The van der Waals surface area contributed by atoms with Crippen LogP contribution < -0.4 is 0 Å². The molecule has 0 radical (unpaired) electrons. The largest absolute Gasteiger partial charge is 0.465 e. The minimum atomic E-state index is -0.144. The molecule has 4 heteroatoms. The molecule has 0 fully saturated rings. The second-order valence-corrected chi connectivity index (χ2v) is 6.52. The summed E-state index contributed by atoms with van der Waals surface area (Å²) in [6, 6.07) is 24.2. The van der Waals surface area contributed by atoms with E-state index in [1.54, 1.807) is 6.20 Å².